The Bertz CT molecular complexity index is 436. The van der Waals surface area contributed by atoms with E-state index in [0.29, 0.717) is 12.2 Å². The topological polar surface area (TPSA) is 23.6 Å². The van der Waals surface area contributed by atoms with Crippen molar-refractivity contribution in [1.82, 2.24) is 9.80 Å². The van der Waals surface area contributed by atoms with Crippen molar-refractivity contribution in [2.24, 2.45) is 0 Å². The molecule has 1 aromatic carbocycles. The molecule has 0 aromatic heterocycles. The Kier molecular flexibility index (Phi) is 4.54. The van der Waals surface area contributed by atoms with Crippen LogP contribution in [0.5, 0.6) is 0 Å². The van der Waals surface area contributed by atoms with Gasteiger partial charge in [0.05, 0.1) is 6.04 Å². The van der Waals surface area contributed by atoms with E-state index < -0.39 is 0 Å². The van der Waals surface area contributed by atoms with Crippen LogP contribution in [0, 0.1) is 0 Å². The van der Waals surface area contributed by atoms with E-state index in [2.05, 4.69) is 32.8 Å². The summed E-state index contributed by atoms with van der Waals surface area (Å²) in [4.78, 5) is 16.8. The van der Waals surface area contributed by atoms with Crippen molar-refractivity contribution in [2.45, 2.75) is 12.5 Å². The van der Waals surface area contributed by atoms with Crippen LogP contribution in [-0.4, -0.2) is 55.4 Å². The minimum Gasteiger partial charge on any atom is -0.303 e. The number of benzene rings is 1. The summed E-state index contributed by atoms with van der Waals surface area (Å²) in [5, 5.41) is 0. The maximum atomic E-state index is 12.4. The smallest absolute Gasteiger partial charge is 0.155 e. The zero-order chi connectivity index (χ0) is 13.1. The Morgan fingerprint density at radius 3 is 2.78 bits per heavy atom. The molecule has 2 rings (SSSR count). The average Bonchev–Trinajstić information content (AvgIpc) is 2.35. The Morgan fingerprint density at radius 1 is 1.33 bits per heavy atom. The highest BCUT2D eigenvalue weighted by atomic mass is 79.9. The molecule has 1 saturated heterocycles. The van der Waals surface area contributed by atoms with Gasteiger partial charge < -0.3 is 4.90 Å². The number of nitrogens with zero attached hydrogens (tertiary/aromatic N) is 2. The van der Waals surface area contributed by atoms with Gasteiger partial charge in [-0.25, -0.2) is 0 Å². The van der Waals surface area contributed by atoms with Crippen LogP contribution in [0.4, 0.5) is 0 Å². The molecule has 98 valence electrons. The number of piperazine rings is 1. The van der Waals surface area contributed by atoms with Crippen molar-refractivity contribution in [3.05, 3.63) is 34.3 Å². The molecule has 0 saturated carbocycles. The predicted octanol–water partition coefficient (Wildman–Crippen LogP) is 1.81. The number of halogens is 1. The third-order valence-electron chi connectivity index (χ3n) is 3.55. The van der Waals surface area contributed by atoms with Crippen molar-refractivity contribution in [2.75, 3.05) is 33.7 Å². The lowest BCUT2D eigenvalue weighted by atomic mass is 10.0. The third kappa shape index (κ3) is 3.19. The maximum absolute atomic E-state index is 12.4. The van der Waals surface area contributed by atoms with Crippen LogP contribution in [0.2, 0.25) is 0 Å². The van der Waals surface area contributed by atoms with Crippen molar-refractivity contribution < 1.29 is 4.79 Å². The van der Waals surface area contributed by atoms with Gasteiger partial charge in [0, 0.05) is 30.5 Å². The molecular weight excluding hydrogens is 292 g/mol. The van der Waals surface area contributed by atoms with Gasteiger partial charge in [-0.1, -0.05) is 34.1 Å². The van der Waals surface area contributed by atoms with Crippen molar-refractivity contribution in [3.8, 4) is 0 Å². The average molecular weight is 311 g/mol. The first-order valence-electron chi connectivity index (χ1n) is 6.23. The minimum absolute atomic E-state index is 0.0239. The van der Waals surface area contributed by atoms with E-state index in [4.69, 9.17) is 0 Å². The normalized spacial score (nSPS) is 22.1. The highest BCUT2D eigenvalue weighted by Crippen LogP contribution is 2.18. The molecule has 0 radical (unpaired) electrons. The third-order valence-corrected chi connectivity index (χ3v) is 4.32. The summed E-state index contributed by atoms with van der Waals surface area (Å²) in [6.45, 7) is 2.83. The van der Waals surface area contributed by atoms with E-state index in [1.54, 1.807) is 0 Å². The Hall–Kier alpha value is -0.710. The number of hydrogen-bond acceptors (Lipinski definition) is 3. The molecule has 18 heavy (non-hydrogen) atoms. The molecule has 1 heterocycles. The zero-order valence-corrected chi connectivity index (χ0v) is 12.5. The first kappa shape index (κ1) is 13.7. The van der Waals surface area contributed by atoms with Crippen molar-refractivity contribution in [1.29, 1.82) is 0 Å². The van der Waals surface area contributed by atoms with Crippen molar-refractivity contribution >= 4 is 21.7 Å². The van der Waals surface area contributed by atoms with E-state index >= 15 is 0 Å². The van der Waals surface area contributed by atoms with Crippen LogP contribution < -0.4 is 0 Å². The number of likely N-dealkylation sites (N-methyl/N-ethyl adjacent to an activating group) is 2. The quantitative estimate of drug-likeness (QED) is 0.850. The molecule has 1 aliphatic rings. The molecule has 1 unspecified atom stereocenters. The summed E-state index contributed by atoms with van der Waals surface area (Å²) in [5.74, 6) is 0.302. The molecule has 0 N–H and O–H groups in total. The van der Waals surface area contributed by atoms with Gasteiger partial charge >= 0.3 is 0 Å². The lowest BCUT2D eigenvalue weighted by Gasteiger charge is -2.36. The van der Waals surface area contributed by atoms with E-state index in [0.717, 1.165) is 29.7 Å². The van der Waals surface area contributed by atoms with Gasteiger partial charge in [-0.05, 0) is 25.7 Å². The monoisotopic (exact) mass is 310 g/mol. The highest BCUT2D eigenvalue weighted by Gasteiger charge is 2.28. The SMILES string of the molecule is CN1CCN(C)C(C(=O)Cc2ccccc2Br)C1. The second-order valence-corrected chi connectivity index (χ2v) is 5.85. The second-order valence-electron chi connectivity index (χ2n) is 4.99. The molecular formula is C14H19BrN2O. The molecule has 0 aliphatic carbocycles. The van der Waals surface area contributed by atoms with Crippen LogP contribution >= 0.6 is 15.9 Å². The molecule has 1 atom stereocenters. The summed E-state index contributed by atoms with van der Waals surface area (Å²) in [5.41, 5.74) is 1.07. The molecule has 0 bridgehead atoms. The molecule has 3 nitrogen and oxygen atoms in total. The number of ketones is 1. The molecule has 0 amide bonds. The lowest BCUT2D eigenvalue weighted by Crippen LogP contribution is -2.53. The van der Waals surface area contributed by atoms with Gasteiger partial charge in [0.25, 0.3) is 0 Å². The van der Waals surface area contributed by atoms with Crippen LogP contribution in [-0.2, 0) is 11.2 Å². The molecule has 1 aromatic rings. The van der Waals surface area contributed by atoms with Gasteiger partial charge in [0.15, 0.2) is 5.78 Å². The van der Waals surface area contributed by atoms with E-state index in [-0.39, 0.29) is 6.04 Å². The van der Waals surface area contributed by atoms with E-state index in [9.17, 15) is 4.79 Å². The molecule has 1 aliphatic heterocycles. The number of rotatable bonds is 3. The first-order valence-corrected chi connectivity index (χ1v) is 7.02. The van der Waals surface area contributed by atoms with Gasteiger partial charge in [-0.3, -0.25) is 9.69 Å². The molecule has 0 spiro atoms. The maximum Gasteiger partial charge on any atom is 0.155 e. The van der Waals surface area contributed by atoms with Crippen LogP contribution in [0.15, 0.2) is 28.7 Å². The van der Waals surface area contributed by atoms with Crippen LogP contribution in [0.25, 0.3) is 0 Å². The summed E-state index contributed by atoms with van der Waals surface area (Å²) in [7, 11) is 4.11. The van der Waals surface area contributed by atoms with Crippen LogP contribution in [0.3, 0.4) is 0 Å². The number of Topliss-reactive ketones (excluding diaryl/α,β-unsaturated/α-hetero) is 1. The first-order chi connectivity index (χ1) is 8.58. The fraction of sp³-hybridized carbons (Fsp3) is 0.500. The summed E-state index contributed by atoms with van der Waals surface area (Å²) < 4.78 is 1.02. The van der Waals surface area contributed by atoms with Gasteiger partial charge in [0.1, 0.15) is 0 Å². The number of carbonyl (C=O) groups excluding carboxylic acids is 1. The largest absolute Gasteiger partial charge is 0.303 e. The highest BCUT2D eigenvalue weighted by molar-refractivity contribution is 9.10. The zero-order valence-electron chi connectivity index (χ0n) is 10.9. The van der Waals surface area contributed by atoms with Crippen LogP contribution in [0.1, 0.15) is 5.56 Å². The minimum atomic E-state index is 0.0239. The molecule has 1 fully saturated rings. The molecule has 4 heteroatoms. The summed E-state index contributed by atoms with van der Waals surface area (Å²) in [6.07, 6.45) is 0.504. The summed E-state index contributed by atoms with van der Waals surface area (Å²) in [6, 6.07) is 7.96. The Morgan fingerprint density at radius 2 is 2.06 bits per heavy atom. The van der Waals surface area contributed by atoms with E-state index in [1.165, 1.54) is 0 Å². The van der Waals surface area contributed by atoms with Crippen molar-refractivity contribution in [3.63, 3.8) is 0 Å². The Labute approximate surface area is 117 Å². The second kappa shape index (κ2) is 5.95. The standard InChI is InChI=1S/C14H19BrN2O/c1-16-7-8-17(2)13(10-16)14(18)9-11-5-3-4-6-12(11)15/h3-6,13H,7-10H2,1-2H3. The summed E-state index contributed by atoms with van der Waals surface area (Å²) >= 11 is 3.50. The fourth-order valence-corrected chi connectivity index (χ4v) is 2.73. The number of carbonyl (C=O) groups is 1. The van der Waals surface area contributed by atoms with E-state index in [1.807, 2.05) is 31.3 Å². The van der Waals surface area contributed by atoms with Gasteiger partial charge in [0.2, 0.25) is 0 Å². The fourth-order valence-electron chi connectivity index (χ4n) is 2.31. The number of hydrogen-bond donors (Lipinski definition) is 0. The lowest BCUT2D eigenvalue weighted by molar-refractivity contribution is -0.125. The van der Waals surface area contributed by atoms with Gasteiger partial charge in [-0.2, -0.15) is 0 Å². The Balaban J connectivity index is 2.05. The predicted molar refractivity (Wildman–Crippen MR) is 76.8 cm³/mol. The van der Waals surface area contributed by atoms with Gasteiger partial charge in [-0.15, -0.1) is 0 Å².